The third-order valence-corrected chi connectivity index (χ3v) is 5.96. The fourth-order valence-electron chi connectivity index (χ4n) is 4.80. The third-order valence-electron chi connectivity index (χ3n) is 5.96. The summed E-state index contributed by atoms with van der Waals surface area (Å²) in [6.07, 6.45) is 4.18. The molecule has 2 nitrogen and oxygen atoms in total. The second kappa shape index (κ2) is 4.41. The molecule has 110 valence electrons. The van der Waals surface area contributed by atoms with Crippen LogP contribution >= 0.6 is 0 Å². The third kappa shape index (κ3) is 1.92. The van der Waals surface area contributed by atoms with Crippen LogP contribution in [-0.4, -0.2) is 20.1 Å². The average Bonchev–Trinajstić information content (AvgIpc) is 2.86. The summed E-state index contributed by atoms with van der Waals surface area (Å²) in [4.78, 5) is 2.20. The first-order chi connectivity index (χ1) is 9.34. The van der Waals surface area contributed by atoms with Crippen molar-refractivity contribution in [1.82, 2.24) is 0 Å². The molecule has 0 radical (unpaired) electrons. The number of nitrogens with zero attached hydrogens (tertiary/aromatic N) is 1. The zero-order valence-electron chi connectivity index (χ0n) is 13.5. The van der Waals surface area contributed by atoms with Gasteiger partial charge in [-0.1, -0.05) is 32.9 Å². The molecule has 0 heterocycles. The molecule has 0 aliphatic heterocycles. The van der Waals surface area contributed by atoms with Crippen molar-refractivity contribution in [1.29, 1.82) is 0 Å². The Morgan fingerprint density at radius 1 is 1.15 bits per heavy atom. The number of para-hydroxylation sites is 2. The molecule has 1 aromatic carbocycles. The summed E-state index contributed by atoms with van der Waals surface area (Å²) in [5.41, 5.74) is 3.43. The lowest BCUT2D eigenvalue weighted by Gasteiger charge is -2.44. The molecule has 3 unspecified atom stereocenters. The Labute approximate surface area is 123 Å². The highest BCUT2D eigenvalue weighted by Gasteiger charge is 2.59. The number of nitrogens with one attached hydrogen (secondary N) is 1. The molecule has 2 saturated carbocycles. The van der Waals surface area contributed by atoms with Gasteiger partial charge in [0.1, 0.15) is 0 Å². The van der Waals surface area contributed by atoms with E-state index in [4.69, 9.17) is 0 Å². The zero-order chi connectivity index (χ0) is 14.5. The minimum absolute atomic E-state index is 0.395. The molecular weight excluding hydrogens is 244 g/mol. The molecule has 2 bridgehead atoms. The highest BCUT2D eigenvalue weighted by Crippen LogP contribution is 2.63. The molecule has 3 rings (SSSR count). The SMILES string of the molecule is CN(C)c1ccccc1NC1C2(C)CCC(C2)C1(C)C. The van der Waals surface area contributed by atoms with Crippen molar-refractivity contribution in [2.75, 3.05) is 24.3 Å². The molecule has 1 N–H and O–H groups in total. The molecule has 2 aliphatic rings. The van der Waals surface area contributed by atoms with Crippen LogP contribution in [0.15, 0.2) is 24.3 Å². The first-order valence-corrected chi connectivity index (χ1v) is 7.87. The normalized spacial score (nSPS) is 34.2. The van der Waals surface area contributed by atoms with Crippen LogP contribution in [0.1, 0.15) is 40.0 Å². The zero-order valence-corrected chi connectivity index (χ0v) is 13.5. The minimum Gasteiger partial charge on any atom is -0.380 e. The maximum atomic E-state index is 3.91. The van der Waals surface area contributed by atoms with E-state index in [-0.39, 0.29) is 0 Å². The molecule has 2 aliphatic carbocycles. The minimum atomic E-state index is 0.395. The van der Waals surface area contributed by atoms with E-state index in [1.54, 1.807) is 0 Å². The van der Waals surface area contributed by atoms with Gasteiger partial charge in [-0.2, -0.15) is 0 Å². The van der Waals surface area contributed by atoms with E-state index in [9.17, 15) is 0 Å². The van der Waals surface area contributed by atoms with Crippen LogP contribution in [0.4, 0.5) is 11.4 Å². The summed E-state index contributed by atoms with van der Waals surface area (Å²) in [5.74, 6) is 0.886. The summed E-state index contributed by atoms with van der Waals surface area (Å²) >= 11 is 0. The largest absolute Gasteiger partial charge is 0.380 e. The van der Waals surface area contributed by atoms with Gasteiger partial charge in [-0.3, -0.25) is 0 Å². The van der Waals surface area contributed by atoms with Crippen molar-refractivity contribution in [3.8, 4) is 0 Å². The predicted octanol–water partition coefficient (Wildman–Crippen LogP) is 4.38. The van der Waals surface area contributed by atoms with Gasteiger partial charge in [0.05, 0.1) is 11.4 Å². The van der Waals surface area contributed by atoms with E-state index < -0.39 is 0 Å². The first-order valence-electron chi connectivity index (χ1n) is 7.87. The topological polar surface area (TPSA) is 15.3 Å². The smallest absolute Gasteiger partial charge is 0.0596 e. The standard InChI is InChI=1S/C18H28N2/c1-17(2)13-10-11-18(3,12-13)16(17)19-14-8-6-7-9-15(14)20(4)5/h6-9,13,16,19H,10-12H2,1-5H3. The van der Waals surface area contributed by atoms with E-state index in [0.29, 0.717) is 16.9 Å². The van der Waals surface area contributed by atoms with E-state index in [0.717, 1.165) is 5.92 Å². The molecular formula is C18H28N2. The molecule has 0 spiro atoms. The summed E-state index contributed by atoms with van der Waals surface area (Å²) in [6.45, 7) is 7.40. The summed E-state index contributed by atoms with van der Waals surface area (Å²) in [6, 6.07) is 9.26. The Morgan fingerprint density at radius 3 is 2.45 bits per heavy atom. The Hall–Kier alpha value is -1.18. The molecule has 2 fully saturated rings. The van der Waals surface area contributed by atoms with Crippen LogP contribution in [0.25, 0.3) is 0 Å². The van der Waals surface area contributed by atoms with Gasteiger partial charge in [0.25, 0.3) is 0 Å². The lowest BCUT2D eigenvalue weighted by molar-refractivity contribution is 0.155. The maximum absolute atomic E-state index is 3.91. The van der Waals surface area contributed by atoms with Gasteiger partial charge < -0.3 is 10.2 Å². The molecule has 0 aromatic heterocycles. The lowest BCUT2D eigenvalue weighted by atomic mass is 9.68. The molecule has 2 heteroatoms. The van der Waals surface area contributed by atoms with Crippen LogP contribution in [0, 0.1) is 16.7 Å². The van der Waals surface area contributed by atoms with Gasteiger partial charge in [-0.05, 0) is 48.1 Å². The average molecular weight is 272 g/mol. The number of hydrogen-bond donors (Lipinski definition) is 1. The highest BCUT2D eigenvalue weighted by atomic mass is 15.1. The van der Waals surface area contributed by atoms with E-state index in [1.165, 1.54) is 30.6 Å². The predicted molar refractivity (Wildman–Crippen MR) is 87.4 cm³/mol. The van der Waals surface area contributed by atoms with Gasteiger partial charge in [0.2, 0.25) is 0 Å². The molecule has 0 amide bonds. The van der Waals surface area contributed by atoms with Crippen molar-refractivity contribution in [2.24, 2.45) is 16.7 Å². The molecule has 3 atom stereocenters. The Balaban J connectivity index is 1.92. The Morgan fingerprint density at radius 2 is 1.85 bits per heavy atom. The molecule has 20 heavy (non-hydrogen) atoms. The number of anilines is 2. The summed E-state index contributed by atoms with van der Waals surface area (Å²) in [7, 11) is 4.24. The number of benzene rings is 1. The maximum Gasteiger partial charge on any atom is 0.0596 e. The second-order valence-corrected chi connectivity index (χ2v) is 7.90. The first kappa shape index (κ1) is 13.8. The Bertz CT molecular complexity index is 501. The number of fused-ring (bicyclic) bond motifs is 2. The number of rotatable bonds is 3. The van der Waals surface area contributed by atoms with Crippen molar-refractivity contribution in [2.45, 2.75) is 46.1 Å². The Kier molecular flexibility index (Phi) is 3.04. The van der Waals surface area contributed by atoms with Crippen molar-refractivity contribution >= 4 is 11.4 Å². The highest BCUT2D eigenvalue weighted by molar-refractivity contribution is 5.70. The summed E-state index contributed by atoms with van der Waals surface area (Å²) < 4.78 is 0. The van der Waals surface area contributed by atoms with Crippen molar-refractivity contribution in [3.63, 3.8) is 0 Å². The second-order valence-electron chi connectivity index (χ2n) is 7.90. The fraction of sp³-hybridized carbons (Fsp3) is 0.667. The molecule has 1 aromatic rings. The van der Waals surface area contributed by atoms with Gasteiger partial charge in [0, 0.05) is 20.1 Å². The van der Waals surface area contributed by atoms with Crippen LogP contribution in [0.2, 0.25) is 0 Å². The van der Waals surface area contributed by atoms with Gasteiger partial charge >= 0.3 is 0 Å². The van der Waals surface area contributed by atoms with Crippen LogP contribution in [0.5, 0.6) is 0 Å². The van der Waals surface area contributed by atoms with Crippen LogP contribution < -0.4 is 10.2 Å². The van der Waals surface area contributed by atoms with E-state index >= 15 is 0 Å². The van der Waals surface area contributed by atoms with E-state index in [2.05, 4.69) is 69.3 Å². The lowest BCUT2D eigenvalue weighted by Crippen LogP contribution is -2.46. The quantitative estimate of drug-likeness (QED) is 0.878. The monoisotopic (exact) mass is 272 g/mol. The van der Waals surface area contributed by atoms with Gasteiger partial charge in [-0.15, -0.1) is 0 Å². The van der Waals surface area contributed by atoms with Crippen LogP contribution in [0.3, 0.4) is 0 Å². The van der Waals surface area contributed by atoms with E-state index in [1.807, 2.05) is 0 Å². The van der Waals surface area contributed by atoms with Crippen molar-refractivity contribution in [3.05, 3.63) is 24.3 Å². The van der Waals surface area contributed by atoms with Crippen molar-refractivity contribution < 1.29 is 0 Å². The molecule has 0 saturated heterocycles. The number of hydrogen-bond acceptors (Lipinski definition) is 2. The van der Waals surface area contributed by atoms with Gasteiger partial charge in [0.15, 0.2) is 0 Å². The fourth-order valence-corrected chi connectivity index (χ4v) is 4.80. The van der Waals surface area contributed by atoms with Gasteiger partial charge in [-0.25, -0.2) is 0 Å². The summed E-state index contributed by atoms with van der Waals surface area (Å²) in [5, 5.41) is 3.91. The van der Waals surface area contributed by atoms with Crippen LogP contribution in [-0.2, 0) is 0 Å².